The lowest BCUT2D eigenvalue weighted by molar-refractivity contribution is -0.118. The number of rotatable bonds is 10. The molecule has 1 aliphatic rings. The van der Waals surface area contributed by atoms with Gasteiger partial charge in [-0.3, -0.25) is 14.6 Å². The second-order valence-corrected chi connectivity index (χ2v) is 11.8. The third-order valence-electron chi connectivity index (χ3n) is 5.81. The molecular formula is C26H33Cl2N3O3S2. The van der Waals surface area contributed by atoms with Gasteiger partial charge in [-0.2, -0.15) is 0 Å². The standard InChI is InChI=1S/C26H32ClN3O3S2.ClH/c1-18(2)34-20-7-5-19(6-8-20)17-23(31)30(12-4-11-29-13-15-33-16-14-29)26-28-24-22(32-3)10-9-21(27)25(24)35-26;/h5-10,18H,4,11-17H2,1-3H3;1H. The second kappa shape index (κ2) is 13.8. The van der Waals surface area contributed by atoms with Crippen LogP contribution in [-0.4, -0.2) is 67.5 Å². The van der Waals surface area contributed by atoms with Crippen LogP contribution in [0.4, 0.5) is 5.13 Å². The minimum absolute atomic E-state index is 0. The number of thiazole rings is 1. The molecule has 0 bridgehead atoms. The van der Waals surface area contributed by atoms with Crippen LogP contribution in [-0.2, 0) is 16.0 Å². The SMILES string of the molecule is COc1ccc(Cl)c2sc(N(CCCN3CCOCC3)C(=O)Cc3ccc(SC(C)C)cc3)nc12.Cl. The van der Waals surface area contributed by atoms with Crippen LogP contribution >= 0.6 is 47.1 Å². The van der Waals surface area contributed by atoms with Gasteiger partial charge < -0.3 is 9.47 Å². The van der Waals surface area contributed by atoms with Gasteiger partial charge in [-0.25, -0.2) is 4.98 Å². The highest BCUT2D eigenvalue weighted by atomic mass is 35.5. The zero-order valence-electron chi connectivity index (χ0n) is 20.9. The van der Waals surface area contributed by atoms with Gasteiger partial charge >= 0.3 is 0 Å². The molecule has 0 spiro atoms. The molecule has 4 rings (SSSR count). The Morgan fingerprint density at radius 3 is 2.61 bits per heavy atom. The third-order valence-corrected chi connectivity index (χ3v) is 8.36. The molecule has 1 amide bonds. The van der Waals surface area contributed by atoms with Crippen LogP contribution in [0.1, 0.15) is 25.8 Å². The van der Waals surface area contributed by atoms with E-state index >= 15 is 0 Å². The highest BCUT2D eigenvalue weighted by Gasteiger charge is 2.23. The van der Waals surface area contributed by atoms with Crippen LogP contribution in [0.5, 0.6) is 5.75 Å². The van der Waals surface area contributed by atoms with Crippen molar-refractivity contribution in [3.05, 3.63) is 47.0 Å². The maximum absolute atomic E-state index is 13.6. The third kappa shape index (κ3) is 7.49. The number of fused-ring (bicyclic) bond motifs is 1. The van der Waals surface area contributed by atoms with E-state index in [-0.39, 0.29) is 18.3 Å². The van der Waals surface area contributed by atoms with Crippen LogP contribution in [0.2, 0.25) is 5.02 Å². The van der Waals surface area contributed by atoms with Gasteiger partial charge in [0.25, 0.3) is 0 Å². The van der Waals surface area contributed by atoms with E-state index in [1.54, 1.807) is 7.11 Å². The van der Waals surface area contributed by atoms with Gasteiger partial charge in [-0.05, 0) is 36.2 Å². The number of carbonyl (C=O) groups excluding carboxylic acids is 1. The Bertz CT molecular complexity index is 1140. The van der Waals surface area contributed by atoms with Crippen molar-refractivity contribution < 1.29 is 14.3 Å². The maximum Gasteiger partial charge on any atom is 0.233 e. The van der Waals surface area contributed by atoms with Crippen LogP contribution in [0.25, 0.3) is 10.2 Å². The summed E-state index contributed by atoms with van der Waals surface area (Å²) in [5.74, 6) is 0.691. The van der Waals surface area contributed by atoms with Crippen LogP contribution < -0.4 is 9.64 Å². The van der Waals surface area contributed by atoms with Crippen LogP contribution in [0.15, 0.2) is 41.3 Å². The molecule has 3 aromatic rings. The van der Waals surface area contributed by atoms with Crippen molar-refractivity contribution in [1.29, 1.82) is 0 Å². The summed E-state index contributed by atoms with van der Waals surface area (Å²) >= 11 is 9.72. The van der Waals surface area contributed by atoms with Gasteiger partial charge in [0, 0.05) is 36.3 Å². The number of carbonyl (C=O) groups is 1. The fourth-order valence-electron chi connectivity index (χ4n) is 4.05. The zero-order chi connectivity index (χ0) is 24.8. The molecule has 1 aliphatic heterocycles. The average molecular weight is 571 g/mol. The molecule has 196 valence electrons. The van der Waals surface area contributed by atoms with Crippen LogP contribution in [0, 0.1) is 0 Å². The number of nitrogens with zero attached hydrogens (tertiary/aromatic N) is 3. The number of aromatic nitrogens is 1. The van der Waals surface area contributed by atoms with Crippen molar-refractivity contribution in [3.63, 3.8) is 0 Å². The van der Waals surface area contributed by atoms with Gasteiger partial charge in [-0.15, -0.1) is 24.2 Å². The van der Waals surface area contributed by atoms with E-state index in [0.29, 0.717) is 39.6 Å². The van der Waals surface area contributed by atoms with E-state index in [1.165, 1.54) is 16.2 Å². The summed E-state index contributed by atoms with van der Waals surface area (Å²) in [7, 11) is 1.62. The summed E-state index contributed by atoms with van der Waals surface area (Å²) in [5.41, 5.74) is 1.69. The van der Waals surface area contributed by atoms with Crippen molar-refractivity contribution in [3.8, 4) is 5.75 Å². The lowest BCUT2D eigenvalue weighted by atomic mass is 10.1. The highest BCUT2D eigenvalue weighted by molar-refractivity contribution is 7.99. The Hall–Kier alpha value is -1.55. The Morgan fingerprint density at radius 1 is 1.22 bits per heavy atom. The monoisotopic (exact) mass is 569 g/mol. The van der Waals surface area contributed by atoms with E-state index < -0.39 is 0 Å². The minimum Gasteiger partial charge on any atom is -0.494 e. The lowest BCUT2D eigenvalue weighted by Crippen LogP contribution is -2.39. The smallest absolute Gasteiger partial charge is 0.233 e. The number of morpholine rings is 1. The van der Waals surface area contributed by atoms with Crippen LogP contribution in [0.3, 0.4) is 0 Å². The van der Waals surface area contributed by atoms with Crippen molar-refractivity contribution in [2.45, 2.75) is 36.8 Å². The van der Waals surface area contributed by atoms with Gasteiger partial charge in [0.2, 0.25) is 5.91 Å². The largest absolute Gasteiger partial charge is 0.494 e. The molecule has 0 N–H and O–H groups in total. The number of ether oxygens (including phenoxy) is 2. The summed E-state index contributed by atoms with van der Waals surface area (Å²) < 4.78 is 11.8. The molecule has 0 atom stereocenters. The first kappa shape index (κ1) is 29.0. The molecule has 0 radical (unpaired) electrons. The molecule has 0 saturated carbocycles. The molecule has 2 heterocycles. The van der Waals surface area contributed by atoms with E-state index in [0.717, 1.165) is 49.5 Å². The van der Waals surface area contributed by atoms with Crippen molar-refractivity contribution in [2.75, 3.05) is 51.4 Å². The summed E-state index contributed by atoms with van der Waals surface area (Å²) in [6, 6.07) is 11.9. The predicted molar refractivity (Wildman–Crippen MR) is 154 cm³/mol. The number of halogens is 2. The molecule has 6 nitrogen and oxygen atoms in total. The van der Waals surface area contributed by atoms with Gasteiger partial charge in [0.1, 0.15) is 11.3 Å². The van der Waals surface area contributed by atoms with E-state index in [1.807, 2.05) is 40.9 Å². The second-order valence-electron chi connectivity index (χ2n) is 8.76. The number of amides is 1. The molecule has 1 aromatic heterocycles. The van der Waals surface area contributed by atoms with Gasteiger partial charge in [0.05, 0.1) is 36.5 Å². The Morgan fingerprint density at radius 2 is 1.94 bits per heavy atom. The number of thioether (sulfide) groups is 1. The normalized spacial score (nSPS) is 14.1. The fraction of sp³-hybridized carbons (Fsp3) is 0.462. The predicted octanol–water partition coefficient (Wildman–Crippen LogP) is 6.18. The van der Waals surface area contributed by atoms with Gasteiger partial charge in [-0.1, -0.05) is 48.9 Å². The summed E-state index contributed by atoms with van der Waals surface area (Å²) in [5, 5.41) is 1.79. The fourth-order valence-corrected chi connectivity index (χ4v) is 6.19. The maximum atomic E-state index is 13.6. The minimum atomic E-state index is 0. The van der Waals surface area contributed by atoms with Crippen molar-refractivity contribution in [1.82, 2.24) is 9.88 Å². The first-order chi connectivity index (χ1) is 16.9. The number of benzene rings is 2. The highest BCUT2D eigenvalue weighted by Crippen LogP contribution is 2.39. The van der Waals surface area contributed by atoms with E-state index in [2.05, 4.69) is 30.9 Å². The number of anilines is 1. The Balaban J connectivity index is 0.00000361. The molecule has 0 unspecified atom stereocenters. The van der Waals surface area contributed by atoms with E-state index in [4.69, 9.17) is 26.1 Å². The summed E-state index contributed by atoms with van der Waals surface area (Å²) in [4.78, 5) is 23.8. The van der Waals surface area contributed by atoms with E-state index in [9.17, 15) is 4.79 Å². The average Bonchev–Trinajstić information content (AvgIpc) is 3.29. The molecular weight excluding hydrogens is 537 g/mol. The van der Waals surface area contributed by atoms with Crippen molar-refractivity contribution in [2.24, 2.45) is 0 Å². The molecule has 36 heavy (non-hydrogen) atoms. The Labute approximate surface area is 232 Å². The lowest BCUT2D eigenvalue weighted by Gasteiger charge is -2.27. The molecule has 2 aromatic carbocycles. The summed E-state index contributed by atoms with van der Waals surface area (Å²) in [6.07, 6.45) is 1.18. The Kier molecular flexibility index (Phi) is 11.2. The number of hydrogen-bond acceptors (Lipinski definition) is 7. The number of methoxy groups -OCH3 is 1. The molecule has 1 saturated heterocycles. The number of hydrogen-bond donors (Lipinski definition) is 0. The first-order valence-electron chi connectivity index (χ1n) is 11.9. The quantitative estimate of drug-likeness (QED) is 0.272. The van der Waals surface area contributed by atoms with Crippen molar-refractivity contribution >= 4 is 68.4 Å². The molecule has 0 aliphatic carbocycles. The zero-order valence-corrected chi connectivity index (χ0v) is 24.1. The topological polar surface area (TPSA) is 54.9 Å². The first-order valence-corrected chi connectivity index (χ1v) is 14.0. The van der Waals surface area contributed by atoms with Gasteiger partial charge in [0.15, 0.2) is 5.13 Å². The molecule has 10 heteroatoms. The molecule has 1 fully saturated rings. The summed E-state index contributed by atoms with van der Waals surface area (Å²) in [6.45, 7) is 9.27.